The van der Waals surface area contributed by atoms with Crippen LogP contribution < -0.4 is 0 Å². The van der Waals surface area contributed by atoms with Crippen LogP contribution in [0.4, 0.5) is 0 Å². The fourth-order valence-electron chi connectivity index (χ4n) is 4.48. The lowest BCUT2D eigenvalue weighted by molar-refractivity contribution is 0.246. The van der Waals surface area contributed by atoms with Crippen LogP contribution >= 0.6 is 11.1 Å². The van der Waals surface area contributed by atoms with Crippen LogP contribution in [0.5, 0.6) is 0 Å². The van der Waals surface area contributed by atoms with Gasteiger partial charge in [-0.3, -0.25) is 0 Å². The van der Waals surface area contributed by atoms with E-state index in [0.717, 1.165) is 0 Å². The van der Waals surface area contributed by atoms with Crippen LogP contribution in [-0.2, 0) is 12.3 Å². The van der Waals surface area contributed by atoms with E-state index in [1.165, 1.54) is 0 Å². The highest BCUT2D eigenvalue weighted by atomic mass is 35.6. The molecular formula is C19H47ClO3Si4. The average molecular weight is 471 g/mol. The Morgan fingerprint density at radius 1 is 0.519 bits per heavy atom. The second-order valence-corrected chi connectivity index (χ2v) is 29.7. The van der Waals surface area contributed by atoms with Crippen molar-refractivity contribution < 1.29 is 12.3 Å². The van der Waals surface area contributed by atoms with E-state index in [1.54, 1.807) is 0 Å². The van der Waals surface area contributed by atoms with Crippen LogP contribution in [0.2, 0.25) is 53.9 Å². The van der Waals surface area contributed by atoms with Gasteiger partial charge in [-0.1, -0.05) is 69.2 Å². The topological polar surface area (TPSA) is 27.7 Å². The van der Waals surface area contributed by atoms with E-state index < -0.39 is 33.1 Å². The van der Waals surface area contributed by atoms with Crippen molar-refractivity contribution in [3.8, 4) is 0 Å². The number of rotatable bonds is 11. The van der Waals surface area contributed by atoms with Crippen molar-refractivity contribution in [1.29, 1.82) is 0 Å². The first-order valence-corrected chi connectivity index (χ1v) is 21.5. The highest BCUT2D eigenvalue weighted by Crippen LogP contribution is 2.47. The van der Waals surface area contributed by atoms with Crippen LogP contribution in [-0.4, -0.2) is 33.1 Å². The van der Waals surface area contributed by atoms with Crippen LogP contribution in [0, 0.1) is 0 Å². The summed E-state index contributed by atoms with van der Waals surface area (Å²) in [6.45, 7) is 31.4. The Bertz CT molecular complexity index is 435. The Labute approximate surface area is 179 Å². The molecule has 0 amide bonds. The third-order valence-corrected chi connectivity index (χ3v) is 26.9. The van der Waals surface area contributed by atoms with Crippen LogP contribution in [0.3, 0.4) is 0 Å². The van der Waals surface area contributed by atoms with Gasteiger partial charge < -0.3 is 12.3 Å². The summed E-state index contributed by atoms with van der Waals surface area (Å²) in [5.74, 6) is 0. The van der Waals surface area contributed by atoms with E-state index in [-0.39, 0.29) is 0 Å². The van der Waals surface area contributed by atoms with Crippen LogP contribution in [0.15, 0.2) is 0 Å². The second kappa shape index (κ2) is 9.90. The molecule has 0 aromatic rings. The SMILES string of the molecule is CC(C)[Si](Cl)(O[Si](C)(O[Si](C)(C)C)O[Si](C(C)C)(C(C)C)C(C)C)C(C)C. The van der Waals surface area contributed by atoms with Crippen LogP contribution in [0.25, 0.3) is 0 Å². The predicted octanol–water partition coefficient (Wildman–Crippen LogP) is 8.12. The van der Waals surface area contributed by atoms with E-state index in [9.17, 15) is 0 Å². The molecule has 8 heteroatoms. The Balaban J connectivity index is 6.31. The van der Waals surface area contributed by atoms with Gasteiger partial charge in [-0.05, 0) is 47.3 Å². The van der Waals surface area contributed by atoms with Crippen molar-refractivity contribution in [3.63, 3.8) is 0 Å². The van der Waals surface area contributed by atoms with Crippen molar-refractivity contribution in [2.45, 2.75) is 123 Å². The van der Waals surface area contributed by atoms with Crippen LogP contribution in [0.1, 0.15) is 69.2 Å². The molecule has 0 heterocycles. The normalized spacial score (nSPS) is 16.9. The number of halogens is 1. The van der Waals surface area contributed by atoms with Gasteiger partial charge in [-0.25, -0.2) is 0 Å². The van der Waals surface area contributed by atoms with E-state index in [1.807, 2.05) is 0 Å². The molecule has 164 valence electrons. The Morgan fingerprint density at radius 3 is 1.07 bits per heavy atom. The molecule has 0 rings (SSSR count). The molecule has 0 bridgehead atoms. The molecule has 0 saturated carbocycles. The van der Waals surface area contributed by atoms with Gasteiger partial charge in [-0.2, -0.15) is 0 Å². The van der Waals surface area contributed by atoms with Gasteiger partial charge in [0.05, 0.1) is 0 Å². The lowest BCUT2D eigenvalue weighted by Crippen LogP contribution is -2.64. The summed E-state index contributed by atoms with van der Waals surface area (Å²) in [5.41, 5.74) is 2.06. The third kappa shape index (κ3) is 7.05. The monoisotopic (exact) mass is 470 g/mol. The average Bonchev–Trinajstić information content (AvgIpc) is 2.40. The molecule has 0 spiro atoms. The highest BCUT2D eigenvalue weighted by molar-refractivity contribution is 7.20. The highest BCUT2D eigenvalue weighted by Gasteiger charge is 2.57. The van der Waals surface area contributed by atoms with E-state index in [2.05, 4.69) is 95.4 Å². The van der Waals surface area contributed by atoms with Crippen molar-refractivity contribution in [1.82, 2.24) is 0 Å². The molecule has 27 heavy (non-hydrogen) atoms. The summed E-state index contributed by atoms with van der Waals surface area (Å²) in [6.07, 6.45) is 0. The van der Waals surface area contributed by atoms with Gasteiger partial charge in [0.25, 0.3) is 7.63 Å². The molecule has 0 aliphatic rings. The molecule has 0 aromatic heterocycles. The van der Waals surface area contributed by atoms with E-state index in [4.69, 9.17) is 23.4 Å². The number of hydrogen-bond donors (Lipinski definition) is 0. The van der Waals surface area contributed by atoms with Gasteiger partial charge in [0, 0.05) is 6.55 Å². The minimum Gasteiger partial charge on any atom is -0.417 e. The first kappa shape index (κ1) is 28.0. The van der Waals surface area contributed by atoms with Gasteiger partial charge in [0.1, 0.15) is 0 Å². The zero-order chi connectivity index (χ0) is 22.0. The molecule has 0 aliphatic carbocycles. The quantitative estimate of drug-likeness (QED) is 0.225. The third-order valence-electron chi connectivity index (χ3n) is 5.48. The predicted molar refractivity (Wildman–Crippen MR) is 131 cm³/mol. The van der Waals surface area contributed by atoms with Gasteiger partial charge in [0.15, 0.2) is 16.6 Å². The molecule has 3 nitrogen and oxygen atoms in total. The van der Waals surface area contributed by atoms with Crippen molar-refractivity contribution in [2.24, 2.45) is 0 Å². The molecule has 0 fully saturated rings. The van der Waals surface area contributed by atoms with Crippen molar-refractivity contribution in [2.75, 3.05) is 0 Å². The lowest BCUT2D eigenvalue weighted by atomic mass is 10.5. The lowest BCUT2D eigenvalue weighted by Gasteiger charge is -2.50. The smallest absolute Gasteiger partial charge is 0.417 e. The van der Waals surface area contributed by atoms with Gasteiger partial charge >= 0.3 is 8.80 Å². The molecule has 0 aliphatic heterocycles. The molecule has 0 radical (unpaired) electrons. The number of hydrogen-bond acceptors (Lipinski definition) is 3. The maximum absolute atomic E-state index is 7.21. The Morgan fingerprint density at radius 2 is 0.852 bits per heavy atom. The van der Waals surface area contributed by atoms with E-state index >= 15 is 0 Å². The van der Waals surface area contributed by atoms with Gasteiger partial charge in [-0.15, -0.1) is 11.1 Å². The summed E-state index contributed by atoms with van der Waals surface area (Å²) in [6, 6.07) is 0. The molecule has 1 atom stereocenters. The summed E-state index contributed by atoms with van der Waals surface area (Å²) >= 11 is 7.21. The maximum Gasteiger partial charge on any atom is 0.467 e. The molecule has 1 unspecified atom stereocenters. The maximum atomic E-state index is 7.21. The summed E-state index contributed by atoms with van der Waals surface area (Å²) in [7, 11) is -9.43. The largest absolute Gasteiger partial charge is 0.467 e. The first-order valence-electron chi connectivity index (χ1n) is 10.6. The molecule has 0 saturated heterocycles. The summed E-state index contributed by atoms with van der Waals surface area (Å²) in [5, 5.41) is 0. The Kier molecular flexibility index (Phi) is 10.3. The second-order valence-electron chi connectivity index (χ2n) is 10.6. The minimum atomic E-state index is -2.92. The molecular weight excluding hydrogens is 424 g/mol. The summed E-state index contributed by atoms with van der Waals surface area (Å²) in [4.78, 5) is 0. The molecule has 0 N–H and O–H groups in total. The zero-order valence-electron chi connectivity index (χ0n) is 20.5. The standard InChI is InChI=1S/C19H47ClO3Si4/c1-15(2)26(16(3)4,17(5)6)22-25(14,21-24(11,12)13)23-27(20,18(7)8)19(9)10/h15-19H,1-14H3. The van der Waals surface area contributed by atoms with E-state index in [0.29, 0.717) is 27.7 Å². The van der Waals surface area contributed by atoms with Crippen molar-refractivity contribution in [3.05, 3.63) is 0 Å². The zero-order valence-corrected chi connectivity index (χ0v) is 25.2. The fraction of sp³-hybridized carbons (Fsp3) is 1.00. The minimum absolute atomic E-state index is 0.299. The summed E-state index contributed by atoms with van der Waals surface area (Å²) < 4.78 is 20.8. The first-order chi connectivity index (χ1) is 11.8. The molecule has 0 aromatic carbocycles. The van der Waals surface area contributed by atoms with Crippen molar-refractivity contribution >= 4 is 44.1 Å². The fourth-order valence-corrected chi connectivity index (χ4v) is 26.7. The van der Waals surface area contributed by atoms with Gasteiger partial charge in [0.2, 0.25) is 0 Å². The Hall–Kier alpha value is 1.04.